The van der Waals surface area contributed by atoms with Gasteiger partial charge in [-0.25, -0.2) is 13.6 Å². The molecule has 0 spiro atoms. The Balaban J connectivity index is 1.82. The third-order valence-corrected chi connectivity index (χ3v) is 5.57. The lowest BCUT2D eigenvalue weighted by atomic mass is 9.92. The molecule has 7 heteroatoms. The summed E-state index contributed by atoms with van der Waals surface area (Å²) < 4.78 is 32.6. The van der Waals surface area contributed by atoms with Gasteiger partial charge in [0.1, 0.15) is 5.60 Å². The Labute approximate surface area is 172 Å². The Kier molecular flexibility index (Phi) is 6.36. The number of hydrogen-bond donors (Lipinski definition) is 1. The van der Waals surface area contributed by atoms with Gasteiger partial charge >= 0.3 is 5.97 Å². The maximum absolute atomic E-state index is 13.5. The van der Waals surface area contributed by atoms with Crippen molar-refractivity contribution in [3.63, 3.8) is 0 Å². The molecule has 3 rings (SSSR count). The number of nitrogens with one attached hydrogen (secondary N) is 1. The van der Waals surface area contributed by atoms with Crippen molar-refractivity contribution in [1.82, 2.24) is 4.90 Å². The SMILES string of the molecule is CN1CCN(c2ccc(C(=O)OC(C)(C)C)c(NC3CCC(F)(F)CC3)c2)CC1. The molecule has 1 aliphatic heterocycles. The Morgan fingerprint density at radius 3 is 2.34 bits per heavy atom. The van der Waals surface area contributed by atoms with Gasteiger partial charge in [-0.05, 0) is 58.9 Å². The van der Waals surface area contributed by atoms with E-state index in [1.807, 2.05) is 32.9 Å². The number of ether oxygens (including phenoxy) is 1. The van der Waals surface area contributed by atoms with Crippen LogP contribution < -0.4 is 10.2 Å². The number of carbonyl (C=O) groups is 1. The lowest BCUT2D eigenvalue weighted by Gasteiger charge is -2.35. The Morgan fingerprint density at radius 2 is 1.76 bits per heavy atom. The normalized spacial score (nSPS) is 21.1. The summed E-state index contributed by atoms with van der Waals surface area (Å²) in [5.41, 5.74) is 1.56. The molecule has 29 heavy (non-hydrogen) atoms. The second-order valence-electron chi connectivity index (χ2n) is 9.30. The van der Waals surface area contributed by atoms with Crippen LogP contribution in [0.5, 0.6) is 0 Å². The number of rotatable bonds is 4. The van der Waals surface area contributed by atoms with Crippen LogP contribution in [-0.2, 0) is 4.74 Å². The number of carbonyl (C=O) groups excluding carboxylic acids is 1. The number of alkyl halides is 2. The largest absolute Gasteiger partial charge is 0.456 e. The number of hydrogen-bond acceptors (Lipinski definition) is 5. The van der Waals surface area contributed by atoms with Gasteiger partial charge < -0.3 is 19.9 Å². The molecule has 2 fully saturated rings. The van der Waals surface area contributed by atoms with Crippen LogP contribution in [0.1, 0.15) is 56.8 Å². The van der Waals surface area contributed by atoms with E-state index in [2.05, 4.69) is 22.2 Å². The molecule has 0 amide bonds. The molecule has 0 unspecified atom stereocenters. The second kappa shape index (κ2) is 8.46. The third kappa shape index (κ3) is 6.04. The van der Waals surface area contributed by atoms with Crippen molar-refractivity contribution in [1.29, 1.82) is 0 Å². The summed E-state index contributed by atoms with van der Waals surface area (Å²) >= 11 is 0. The summed E-state index contributed by atoms with van der Waals surface area (Å²) in [6.07, 6.45) is 0.536. The minimum absolute atomic E-state index is 0.0708. The van der Waals surface area contributed by atoms with E-state index in [1.165, 1.54) is 0 Å². The van der Waals surface area contributed by atoms with Crippen molar-refractivity contribution < 1.29 is 18.3 Å². The summed E-state index contributed by atoms with van der Waals surface area (Å²) in [6, 6.07) is 5.64. The highest BCUT2D eigenvalue weighted by molar-refractivity contribution is 5.96. The maximum atomic E-state index is 13.5. The number of halogens is 2. The Morgan fingerprint density at radius 1 is 1.14 bits per heavy atom. The van der Waals surface area contributed by atoms with E-state index >= 15 is 0 Å². The summed E-state index contributed by atoms with van der Waals surface area (Å²) in [5, 5.41) is 3.37. The summed E-state index contributed by atoms with van der Waals surface area (Å²) in [7, 11) is 2.11. The molecular weight excluding hydrogens is 376 g/mol. The molecule has 1 aliphatic carbocycles. The summed E-state index contributed by atoms with van der Waals surface area (Å²) in [5.74, 6) is -2.97. The van der Waals surface area contributed by atoms with Gasteiger partial charge in [0, 0.05) is 50.7 Å². The smallest absolute Gasteiger partial charge is 0.340 e. The predicted molar refractivity (Wildman–Crippen MR) is 112 cm³/mol. The van der Waals surface area contributed by atoms with Crippen LogP contribution in [0.4, 0.5) is 20.2 Å². The average molecular weight is 410 g/mol. The number of nitrogens with zero attached hydrogens (tertiary/aromatic N) is 2. The molecule has 0 aromatic heterocycles. The van der Waals surface area contributed by atoms with Crippen molar-refractivity contribution in [3.8, 4) is 0 Å². The molecule has 0 bridgehead atoms. The monoisotopic (exact) mass is 409 g/mol. The van der Waals surface area contributed by atoms with Crippen LogP contribution in [0.2, 0.25) is 0 Å². The summed E-state index contributed by atoms with van der Waals surface area (Å²) in [6.45, 7) is 9.29. The van der Waals surface area contributed by atoms with Crippen LogP contribution >= 0.6 is 0 Å². The summed E-state index contributed by atoms with van der Waals surface area (Å²) in [4.78, 5) is 17.3. The van der Waals surface area contributed by atoms with Gasteiger partial charge in [-0.15, -0.1) is 0 Å². The van der Waals surface area contributed by atoms with Crippen LogP contribution in [0.25, 0.3) is 0 Å². The minimum Gasteiger partial charge on any atom is -0.456 e. The van der Waals surface area contributed by atoms with Gasteiger partial charge in [0.25, 0.3) is 0 Å². The highest BCUT2D eigenvalue weighted by Crippen LogP contribution is 2.35. The molecule has 2 aliphatic rings. The standard InChI is InChI=1S/C22H33F2N3O2/c1-21(2,3)29-20(28)18-6-5-17(27-13-11-26(4)12-14-27)15-19(18)25-16-7-9-22(23,24)10-8-16/h5-6,15-16,25H,7-14H2,1-4H3. The molecule has 1 N–H and O–H groups in total. The molecular formula is C22H33F2N3O2. The first-order valence-electron chi connectivity index (χ1n) is 10.5. The molecule has 1 aromatic carbocycles. The first kappa shape index (κ1) is 21.8. The molecule has 1 saturated carbocycles. The molecule has 1 heterocycles. The van der Waals surface area contributed by atoms with Gasteiger partial charge in [-0.2, -0.15) is 0 Å². The van der Waals surface area contributed by atoms with E-state index in [4.69, 9.17) is 4.74 Å². The van der Waals surface area contributed by atoms with E-state index in [1.54, 1.807) is 6.07 Å². The van der Waals surface area contributed by atoms with Crippen LogP contribution in [-0.4, -0.2) is 61.7 Å². The lowest BCUT2D eigenvalue weighted by Crippen LogP contribution is -2.44. The van der Waals surface area contributed by atoms with Crippen molar-refractivity contribution in [3.05, 3.63) is 23.8 Å². The molecule has 5 nitrogen and oxygen atoms in total. The van der Waals surface area contributed by atoms with Crippen molar-refractivity contribution in [2.24, 2.45) is 0 Å². The van der Waals surface area contributed by atoms with Crippen molar-refractivity contribution >= 4 is 17.3 Å². The second-order valence-corrected chi connectivity index (χ2v) is 9.30. The minimum atomic E-state index is -2.58. The fourth-order valence-electron chi connectivity index (χ4n) is 3.83. The van der Waals surface area contributed by atoms with Crippen molar-refractivity contribution in [2.75, 3.05) is 43.4 Å². The molecule has 1 saturated heterocycles. The molecule has 162 valence electrons. The van der Waals surface area contributed by atoms with Gasteiger partial charge in [-0.1, -0.05) is 0 Å². The van der Waals surface area contributed by atoms with E-state index in [9.17, 15) is 13.6 Å². The number of likely N-dealkylation sites (N-methyl/N-ethyl adjacent to an activating group) is 1. The Bertz CT molecular complexity index is 715. The number of esters is 1. The molecule has 0 atom stereocenters. The quantitative estimate of drug-likeness (QED) is 0.748. The van der Waals surface area contributed by atoms with E-state index < -0.39 is 17.5 Å². The first-order chi connectivity index (χ1) is 13.5. The molecule has 0 radical (unpaired) electrons. The average Bonchev–Trinajstić information content (AvgIpc) is 2.62. The fourth-order valence-corrected chi connectivity index (χ4v) is 3.83. The number of piperazine rings is 1. The third-order valence-electron chi connectivity index (χ3n) is 5.57. The zero-order chi connectivity index (χ0) is 21.2. The van der Waals surface area contributed by atoms with Gasteiger partial charge in [-0.3, -0.25) is 0 Å². The highest BCUT2D eigenvalue weighted by atomic mass is 19.3. The lowest BCUT2D eigenvalue weighted by molar-refractivity contribution is -0.0361. The van der Waals surface area contributed by atoms with Gasteiger partial charge in [0.15, 0.2) is 0 Å². The van der Waals surface area contributed by atoms with E-state index in [0.29, 0.717) is 24.1 Å². The zero-order valence-electron chi connectivity index (χ0n) is 17.9. The topological polar surface area (TPSA) is 44.8 Å². The van der Waals surface area contributed by atoms with Crippen molar-refractivity contribution in [2.45, 2.75) is 64.0 Å². The van der Waals surface area contributed by atoms with Crippen LogP contribution in [0, 0.1) is 0 Å². The predicted octanol–water partition coefficient (Wildman–Crippen LogP) is 4.38. The van der Waals surface area contributed by atoms with Gasteiger partial charge in [0.2, 0.25) is 5.92 Å². The van der Waals surface area contributed by atoms with Crippen LogP contribution in [0.15, 0.2) is 18.2 Å². The zero-order valence-corrected chi connectivity index (χ0v) is 17.9. The van der Waals surface area contributed by atoms with E-state index in [-0.39, 0.29) is 18.9 Å². The fraction of sp³-hybridized carbons (Fsp3) is 0.682. The van der Waals surface area contributed by atoms with Gasteiger partial charge in [0.05, 0.1) is 11.3 Å². The number of benzene rings is 1. The maximum Gasteiger partial charge on any atom is 0.340 e. The first-order valence-corrected chi connectivity index (χ1v) is 10.5. The molecule has 1 aromatic rings. The number of anilines is 2. The van der Waals surface area contributed by atoms with E-state index in [0.717, 1.165) is 31.9 Å². The Hall–Kier alpha value is -1.89. The highest BCUT2D eigenvalue weighted by Gasteiger charge is 2.35. The van der Waals surface area contributed by atoms with Crippen LogP contribution in [0.3, 0.4) is 0 Å².